The van der Waals surface area contributed by atoms with Gasteiger partial charge in [0.2, 0.25) is 0 Å². The van der Waals surface area contributed by atoms with Crippen LogP contribution in [0.25, 0.3) is 0 Å². The van der Waals surface area contributed by atoms with Gasteiger partial charge in [0.15, 0.2) is 0 Å². The van der Waals surface area contributed by atoms with Crippen molar-refractivity contribution >= 4 is 0 Å². The lowest BCUT2D eigenvalue weighted by atomic mass is 9.63. The number of nitrogens with zero attached hydrogens (tertiary/aromatic N) is 2. The quantitative estimate of drug-likeness (QED) is 0.810. The van der Waals surface area contributed by atoms with Crippen LogP contribution in [-0.2, 0) is 0 Å². The van der Waals surface area contributed by atoms with Gasteiger partial charge >= 0.3 is 0 Å². The van der Waals surface area contributed by atoms with E-state index in [1.54, 1.807) is 0 Å². The summed E-state index contributed by atoms with van der Waals surface area (Å²) in [5.74, 6) is 0.556. The van der Waals surface area contributed by atoms with Crippen LogP contribution in [-0.4, -0.2) is 19.0 Å². The Hall–Kier alpha value is -1.33. The summed E-state index contributed by atoms with van der Waals surface area (Å²) < 4.78 is 0. The fourth-order valence-electron chi connectivity index (χ4n) is 3.18. The van der Waals surface area contributed by atoms with Gasteiger partial charge in [0.1, 0.15) is 0 Å². The molecule has 0 spiro atoms. The molecule has 0 amide bonds. The van der Waals surface area contributed by atoms with Gasteiger partial charge < -0.3 is 4.90 Å². The molecular formula is C17H24N2. The van der Waals surface area contributed by atoms with Crippen LogP contribution in [0.15, 0.2) is 24.3 Å². The second-order valence-corrected chi connectivity index (χ2v) is 6.31. The first-order valence-electron chi connectivity index (χ1n) is 7.18. The average Bonchev–Trinajstić information content (AvgIpc) is 2.33. The molecule has 0 aliphatic heterocycles. The summed E-state index contributed by atoms with van der Waals surface area (Å²) in [6.07, 6.45) is 3.23. The molecule has 1 aliphatic rings. The van der Waals surface area contributed by atoms with Gasteiger partial charge in [0.25, 0.3) is 0 Å². The van der Waals surface area contributed by atoms with E-state index in [-0.39, 0.29) is 11.5 Å². The van der Waals surface area contributed by atoms with Gasteiger partial charge in [0, 0.05) is 0 Å². The number of benzene rings is 1. The molecule has 2 nitrogen and oxygen atoms in total. The minimum Gasteiger partial charge on any atom is -0.301 e. The van der Waals surface area contributed by atoms with Crippen LogP contribution in [0.4, 0.5) is 0 Å². The fourth-order valence-corrected chi connectivity index (χ4v) is 3.18. The second-order valence-electron chi connectivity index (χ2n) is 6.31. The molecule has 1 atom stereocenters. The van der Waals surface area contributed by atoms with Crippen molar-refractivity contribution in [3.8, 4) is 6.07 Å². The maximum Gasteiger partial charge on any atom is 0.0770 e. The molecule has 1 aromatic rings. The van der Waals surface area contributed by atoms with E-state index in [2.05, 4.69) is 63.2 Å². The van der Waals surface area contributed by atoms with E-state index in [0.29, 0.717) is 5.92 Å². The summed E-state index contributed by atoms with van der Waals surface area (Å²) in [6.45, 7) is 4.42. The van der Waals surface area contributed by atoms with Gasteiger partial charge in [-0.15, -0.1) is 0 Å². The zero-order chi connectivity index (χ0) is 14.0. The lowest BCUT2D eigenvalue weighted by molar-refractivity contribution is 0.0748. The van der Waals surface area contributed by atoms with E-state index in [1.807, 2.05) is 0 Å². The molecular weight excluding hydrogens is 232 g/mol. The van der Waals surface area contributed by atoms with E-state index < -0.39 is 0 Å². The lowest BCUT2D eigenvalue weighted by Gasteiger charge is -2.45. The molecule has 102 valence electrons. The summed E-state index contributed by atoms with van der Waals surface area (Å²) in [6, 6.07) is 11.6. The molecule has 1 aliphatic carbocycles. The third kappa shape index (κ3) is 2.53. The van der Waals surface area contributed by atoms with Crippen molar-refractivity contribution in [2.75, 3.05) is 14.1 Å². The van der Waals surface area contributed by atoms with Crippen molar-refractivity contribution in [3.63, 3.8) is 0 Å². The minimum absolute atomic E-state index is 0.178. The number of hydrogen-bond donors (Lipinski definition) is 0. The third-order valence-electron chi connectivity index (χ3n) is 4.43. The smallest absolute Gasteiger partial charge is 0.0770 e. The normalized spacial score (nSPS) is 19.0. The number of nitriles is 1. The van der Waals surface area contributed by atoms with Crippen LogP contribution in [0.2, 0.25) is 0 Å². The highest BCUT2D eigenvalue weighted by atomic mass is 15.1. The minimum atomic E-state index is -0.178. The van der Waals surface area contributed by atoms with Crippen molar-refractivity contribution in [3.05, 3.63) is 35.4 Å². The Balaban J connectivity index is 2.32. The van der Waals surface area contributed by atoms with E-state index >= 15 is 0 Å². The summed E-state index contributed by atoms with van der Waals surface area (Å²) in [5, 5.41) is 9.58. The molecule has 1 unspecified atom stereocenters. The number of hydrogen-bond acceptors (Lipinski definition) is 2. The number of rotatable bonds is 4. The Kier molecular flexibility index (Phi) is 3.96. The van der Waals surface area contributed by atoms with Gasteiger partial charge in [-0.3, -0.25) is 0 Å². The van der Waals surface area contributed by atoms with Crippen LogP contribution in [0.5, 0.6) is 0 Å². The molecule has 1 aromatic carbocycles. The van der Waals surface area contributed by atoms with Crippen molar-refractivity contribution in [2.45, 2.75) is 45.1 Å². The third-order valence-corrected chi connectivity index (χ3v) is 4.43. The monoisotopic (exact) mass is 256 g/mol. The highest BCUT2D eigenvalue weighted by Gasteiger charge is 2.46. The van der Waals surface area contributed by atoms with E-state index in [4.69, 9.17) is 0 Å². The lowest BCUT2D eigenvalue weighted by Crippen LogP contribution is -2.41. The Morgan fingerprint density at radius 1 is 1.11 bits per heavy atom. The standard InChI is InChI=1S/C17H24N2/c1-13(2)14-6-8-15(9-7-14)16(19(3)4)17(12-18)10-5-11-17/h6-9,13,16H,5,10-11H2,1-4H3. The molecule has 0 aromatic heterocycles. The molecule has 19 heavy (non-hydrogen) atoms. The van der Waals surface area contributed by atoms with Gasteiger partial charge in [-0.2, -0.15) is 5.26 Å². The molecule has 1 fully saturated rings. The molecule has 0 heterocycles. The molecule has 2 heteroatoms. The molecule has 1 saturated carbocycles. The fraction of sp³-hybridized carbons (Fsp3) is 0.588. The summed E-state index contributed by atoms with van der Waals surface area (Å²) >= 11 is 0. The highest BCUT2D eigenvalue weighted by molar-refractivity contribution is 5.31. The molecule has 0 N–H and O–H groups in total. The zero-order valence-electron chi connectivity index (χ0n) is 12.5. The Morgan fingerprint density at radius 3 is 1.95 bits per heavy atom. The Labute approximate surface area is 117 Å². The maximum atomic E-state index is 9.58. The van der Waals surface area contributed by atoms with Gasteiger partial charge in [-0.05, 0) is 44.0 Å². The first-order chi connectivity index (χ1) is 9.00. The molecule has 0 saturated heterocycles. The zero-order valence-corrected chi connectivity index (χ0v) is 12.5. The summed E-state index contributed by atoms with van der Waals surface area (Å²) in [7, 11) is 4.16. The van der Waals surface area contributed by atoms with Crippen molar-refractivity contribution in [1.29, 1.82) is 5.26 Å². The van der Waals surface area contributed by atoms with E-state index in [0.717, 1.165) is 12.8 Å². The first kappa shape index (κ1) is 14.1. The Morgan fingerprint density at radius 2 is 1.63 bits per heavy atom. The van der Waals surface area contributed by atoms with E-state index in [9.17, 15) is 5.26 Å². The first-order valence-corrected chi connectivity index (χ1v) is 7.18. The average molecular weight is 256 g/mol. The van der Waals surface area contributed by atoms with Crippen LogP contribution in [0.3, 0.4) is 0 Å². The largest absolute Gasteiger partial charge is 0.301 e. The maximum absolute atomic E-state index is 9.58. The van der Waals surface area contributed by atoms with E-state index in [1.165, 1.54) is 17.5 Å². The van der Waals surface area contributed by atoms with Crippen molar-refractivity contribution < 1.29 is 0 Å². The highest BCUT2D eigenvalue weighted by Crippen LogP contribution is 2.51. The Bertz CT molecular complexity index is 461. The van der Waals surface area contributed by atoms with Crippen LogP contribution in [0.1, 0.15) is 56.2 Å². The molecule has 0 bridgehead atoms. The topological polar surface area (TPSA) is 27.0 Å². The molecule has 2 rings (SSSR count). The van der Waals surface area contributed by atoms with Gasteiger partial charge in [0.05, 0.1) is 17.5 Å². The van der Waals surface area contributed by atoms with Gasteiger partial charge in [-0.1, -0.05) is 44.5 Å². The molecule has 0 radical (unpaired) electrons. The van der Waals surface area contributed by atoms with Gasteiger partial charge in [-0.25, -0.2) is 0 Å². The SMILES string of the molecule is CC(C)c1ccc(C(N(C)C)C2(C#N)CCC2)cc1. The van der Waals surface area contributed by atoms with Crippen molar-refractivity contribution in [2.24, 2.45) is 5.41 Å². The predicted octanol–water partition coefficient (Wildman–Crippen LogP) is 4.11. The summed E-state index contributed by atoms with van der Waals surface area (Å²) in [4.78, 5) is 2.20. The summed E-state index contributed by atoms with van der Waals surface area (Å²) in [5.41, 5.74) is 2.46. The predicted molar refractivity (Wildman–Crippen MR) is 78.9 cm³/mol. The second kappa shape index (κ2) is 5.35. The van der Waals surface area contributed by atoms with Crippen LogP contribution in [0, 0.1) is 16.7 Å². The van der Waals surface area contributed by atoms with Crippen LogP contribution < -0.4 is 0 Å². The van der Waals surface area contributed by atoms with Crippen molar-refractivity contribution in [1.82, 2.24) is 4.90 Å². The van der Waals surface area contributed by atoms with Crippen LogP contribution >= 0.6 is 0 Å².